The van der Waals surface area contributed by atoms with Crippen molar-refractivity contribution in [2.24, 2.45) is 5.92 Å². The Morgan fingerprint density at radius 2 is 1.86 bits per heavy atom. The molecule has 1 saturated carbocycles. The molecule has 154 valence electrons. The minimum atomic E-state index is -3.82. The Morgan fingerprint density at radius 1 is 1.10 bits per heavy atom. The van der Waals surface area contributed by atoms with E-state index in [0.717, 1.165) is 24.1 Å². The predicted molar refractivity (Wildman–Crippen MR) is 110 cm³/mol. The van der Waals surface area contributed by atoms with E-state index in [0.29, 0.717) is 23.6 Å². The Hall–Kier alpha value is -2.74. The third-order valence-corrected chi connectivity index (χ3v) is 6.76. The van der Waals surface area contributed by atoms with Crippen LogP contribution in [0.2, 0.25) is 0 Å². The van der Waals surface area contributed by atoms with Gasteiger partial charge in [-0.05, 0) is 62.1 Å². The molecule has 1 heterocycles. The van der Waals surface area contributed by atoms with E-state index in [1.165, 1.54) is 14.2 Å². The second-order valence-electron chi connectivity index (χ2n) is 7.50. The lowest BCUT2D eigenvalue weighted by molar-refractivity contribution is -0.120. The van der Waals surface area contributed by atoms with Crippen LogP contribution in [0, 0.1) is 5.92 Å². The molecule has 29 heavy (non-hydrogen) atoms. The number of rotatable bonds is 6. The highest BCUT2D eigenvalue weighted by Gasteiger charge is 2.39. The second-order valence-corrected chi connectivity index (χ2v) is 9.18. The molecule has 0 unspecified atom stereocenters. The SMILES string of the molecule is COc1ccc(NS(=O)(=O)c2ccc3c(c2)C[C@H](C)N3C(=O)C2CC2)c(OC)c1. The van der Waals surface area contributed by atoms with Crippen molar-refractivity contribution in [2.45, 2.75) is 37.1 Å². The number of hydrogen-bond donors (Lipinski definition) is 1. The quantitative estimate of drug-likeness (QED) is 0.782. The molecule has 1 fully saturated rings. The highest BCUT2D eigenvalue weighted by Crippen LogP contribution is 2.40. The molecule has 7 nitrogen and oxygen atoms in total. The molecule has 1 amide bonds. The molecule has 1 N–H and O–H groups in total. The zero-order valence-corrected chi connectivity index (χ0v) is 17.5. The summed E-state index contributed by atoms with van der Waals surface area (Å²) in [6.45, 7) is 1.99. The van der Waals surface area contributed by atoms with Gasteiger partial charge in [-0.25, -0.2) is 8.42 Å². The Morgan fingerprint density at radius 3 is 2.52 bits per heavy atom. The summed E-state index contributed by atoms with van der Waals surface area (Å²) in [4.78, 5) is 14.6. The van der Waals surface area contributed by atoms with E-state index in [-0.39, 0.29) is 22.8 Å². The Kier molecular flexibility index (Phi) is 4.90. The summed E-state index contributed by atoms with van der Waals surface area (Å²) in [5.41, 5.74) is 2.01. The first kappa shape index (κ1) is 19.6. The maximum atomic E-state index is 13.0. The molecule has 4 rings (SSSR count). The van der Waals surface area contributed by atoms with E-state index in [4.69, 9.17) is 9.47 Å². The number of fused-ring (bicyclic) bond motifs is 1. The number of sulfonamides is 1. The number of amides is 1. The van der Waals surface area contributed by atoms with Gasteiger partial charge in [-0.3, -0.25) is 9.52 Å². The lowest BCUT2D eigenvalue weighted by Gasteiger charge is -2.22. The third kappa shape index (κ3) is 3.64. The topological polar surface area (TPSA) is 84.9 Å². The summed E-state index contributed by atoms with van der Waals surface area (Å²) in [5, 5.41) is 0. The van der Waals surface area contributed by atoms with Gasteiger partial charge in [0.25, 0.3) is 10.0 Å². The molecule has 0 bridgehead atoms. The van der Waals surface area contributed by atoms with Crippen LogP contribution < -0.4 is 19.1 Å². The molecule has 2 aromatic carbocycles. The predicted octanol–water partition coefficient (Wildman–Crippen LogP) is 3.19. The highest BCUT2D eigenvalue weighted by atomic mass is 32.2. The minimum absolute atomic E-state index is 0.0331. The summed E-state index contributed by atoms with van der Waals surface area (Å²) in [5.74, 6) is 1.20. The average molecular weight is 416 g/mol. The summed E-state index contributed by atoms with van der Waals surface area (Å²) in [6.07, 6.45) is 2.53. The van der Waals surface area contributed by atoms with Crippen LogP contribution in [0.4, 0.5) is 11.4 Å². The number of methoxy groups -OCH3 is 2. The first-order chi connectivity index (χ1) is 13.8. The van der Waals surface area contributed by atoms with Crippen LogP contribution in [0.25, 0.3) is 0 Å². The number of carbonyl (C=O) groups excluding carboxylic acids is 1. The number of carbonyl (C=O) groups is 1. The number of nitrogens with zero attached hydrogens (tertiary/aromatic N) is 1. The van der Waals surface area contributed by atoms with Gasteiger partial charge in [-0.15, -0.1) is 0 Å². The van der Waals surface area contributed by atoms with Crippen LogP contribution in [0.15, 0.2) is 41.3 Å². The molecule has 0 spiro atoms. The van der Waals surface area contributed by atoms with E-state index in [2.05, 4.69) is 4.72 Å². The molecule has 2 aliphatic rings. The third-order valence-electron chi connectivity index (χ3n) is 5.39. The van der Waals surface area contributed by atoms with Crippen molar-refractivity contribution < 1.29 is 22.7 Å². The fraction of sp³-hybridized carbons (Fsp3) is 0.381. The number of benzene rings is 2. The van der Waals surface area contributed by atoms with Crippen molar-refractivity contribution >= 4 is 27.3 Å². The van der Waals surface area contributed by atoms with Crippen molar-refractivity contribution in [1.82, 2.24) is 0 Å². The summed E-state index contributed by atoms with van der Waals surface area (Å²) in [7, 11) is -0.824. The van der Waals surface area contributed by atoms with E-state index in [9.17, 15) is 13.2 Å². The molecule has 2 aromatic rings. The van der Waals surface area contributed by atoms with Crippen LogP contribution in [0.1, 0.15) is 25.3 Å². The molecule has 1 atom stereocenters. The maximum absolute atomic E-state index is 13.0. The molecule has 8 heteroatoms. The fourth-order valence-electron chi connectivity index (χ4n) is 3.72. The van der Waals surface area contributed by atoms with Crippen LogP contribution >= 0.6 is 0 Å². The van der Waals surface area contributed by atoms with Crippen LogP contribution in [-0.4, -0.2) is 34.6 Å². The van der Waals surface area contributed by atoms with Crippen LogP contribution in [-0.2, 0) is 21.2 Å². The normalized spacial score (nSPS) is 18.3. The molecular weight excluding hydrogens is 392 g/mol. The van der Waals surface area contributed by atoms with E-state index in [1.54, 1.807) is 36.4 Å². The lowest BCUT2D eigenvalue weighted by atomic mass is 10.1. The van der Waals surface area contributed by atoms with Crippen molar-refractivity contribution in [3.63, 3.8) is 0 Å². The Balaban J connectivity index is 1.62. The first-order valence-corrected chi connectivity index (χ1v) is 11.0. The summed E-state index contributed by atoms with van der Waals surface area (Å²) >= 11 is 0. The maximum Gasteiger partial charge on any atom is 0.262 e. The van der Waals surface area contributed by atoms with Crippen molar-refractivity contribution in [2.75, 3.05) is 23.8 Å². The number of anilines is 2. The highest BCUT2D eigenvalue weighted by molar-refractivity contribution is 7.92. The lowest BCUT2D eigenvalue weighted by Crippen LogP contribution is -2.36. The minimum Gasteiger partial charge on any atom is -0.497 e. The Labute approximate surface area is 170 Å². The van der Waals surface area contributed by atoms with Gasteiger partial charge in [0, 0.05) is 23.7 Å². The van der Waals surface area contributed by atoms with Gasteiger partial charge in [0.05, 0.1) is 24.8 Å². The first-order valence-electron chi connectivity index (χ1n) is 9.55. The number of nitrogens with one attached hydrogen (secondary N) is 1. The summed E-state index contributed by atoms with van der Waals surface area (Å²) < 4.78 is 38.9. The Bertz CT molecular complexity index is 1060. The number of ether oxygens (including phenoxy) is 2. The molecular formula is C21H24N2O5S. The standard InChI is InChI=1S/C21H24N2O5S/c1-13-10-15-11-17(7-9-19(15)23(13)21(24)14-4-5-14)29(25,26)22-18-8-6-16(27-2)12-20(18)28-3/h6-9,11-14,22H,4-5,10H2,1-3H3/t13-/m0/s1. The molecule has 0 aromatic heterocycles. The molecule has 0 saturated heterocycles. The van der Waals surface area contributed by atoms with Gasteiger partial charge in [-0.2, -0.15) is 0 Å². The van der Waals surface area contributed by atoms with E-state index < -0.39 is 10.0 Å². The van der Waals surface area contributed by atoms with Crippen molar-refractivity contribution in [1.29, 1.82) is 0 Å². The van der Waals surface area contributed by atoms with Crippen LogP contribution in [0.3, 0.4) is 0 Å². The zero-order valence-electron chi connectivity index (χ0n) is 16.6. The fourth-order valence-corrected chi connectivity index (χ4v) is 4.84. The van der Waals surface area contributed by atoms with Gasteiger partial charge >= 0.3 is 0 Å². The van der Waals surface area contributed by atoms with Crippen molar-refractivity contribution in [3.05, 3.63) is 42.0 Å². The summed E-state index contributed by atoms with van der Waals surface area (Å²) in [6, 6.07) is 9.84. The average Bonchev–Trinajstić information content (AvgIpc) is 3.49. The van der Waals surface area contributed by atoms with Gasteiger partial charge in [-0.1, -0.05) is 0 Å². The number of hydrogen-bond acceptors (Lipinski definition) is 5. The van der Waals surface area contributed by atoms with Gasteiger partial charge in [0.1, 0.15) is 11.5 Å². The second kappa shape index (κ2) is 7.26. The molecule has 1 aliphatic carbocycles. The van der Waals surface area contributed by atoms with E-state index in [1.807, 2.05) is 11.8 Å². The largest absolute Gasteiger partial charge is 0.497 e. The van der Waals surface area contributed by atoms with Crippen LogP contribution in [0.5, 0.6) is 11.5 Å². The van der Waals surface area contributed by atoms with Crippen molar-refractivity contribution in [3.8, 4) is 11.5 Å². The zero-order chi connectivity index (χ0) is 20.8. The van der Waals surface area contributed by atoms with Gasteiger partial charge < -0.3 is 14.4 Å². The molecule has 1 aliphatic heterocycles. The van der Waals surface area contributed by atoms with E-state index >= 15 is 0 Å². The molecule has 0 radical (unpaired) electrons. The monoisotopic (exact) mass is 416 g/mol. The van der Waals surface area contributed by atoms with Gasteiger partial charge in [0.2, 0.25) is 5.91 Å². The van der Waals surface area contributed by atoms with Gasteiger partial charge in [0.15, 0.2) is 0 Å². The smallest absolute Gasteiger partial charge is 0.262 e.